The van der Waals surface area contributed by atoms with E-state index in [2.05, 4.69) is 52.3 Å². The SMILES string of the molecule is O=C(O)/C=C/C(=O)O.O=C1N(CCN2CCN(c3cccc4ccccc34)CC2)CCN1c1ccccc1. The van der Waals surface area contributed by atoms with Gasteiger partial charge < -0.3 is 20.0 Å². The zero-order valence-corrected chi connectivity index (χ0v) is 21.1. The molecule has 0 unspecified atom stereocenters. The maximum absolute atomic E-state index is 12.8. The van der Waals surface area contributed by atoms with Crippen LogP contribution in [0.5, 0.6) is 0 Å². The van der Waals surface area contributed by atoms with E-state index >= 15 is 0 Å². The molecule has 2 N–H and O–H groups in total. The van der Waals surface area contributed by atoms with Gasteiger partial charge in [-0.3, -0.25) is 9.80 Å². The van der Waals surface area contributed by atoms with E-state index in [9.17, 15) is 14.4 Å². The van der Waals surface area contributed by atoms with Crippen molar-refractivity contribution in [3.05, 3.63) is 84.9 Å². The Labute approximate surface area is 221 Å². The van der Waals surface area contributed by atoms with Crippen molar-refractivity contribution >= 4 is 40.1 Å². The molecule has 3 aromatic rings. The summed E-state index contributed by atoms with van der Waals surface area (Å²) in [5, 5.41) is 18.3. The average molecular weight is 517 g/mol. The lowest BCUT2D eigenvalue weighted by molar-refractivity contribution is -0.134. The van der Waals surface area contributed by atoms with Gasteiger partial charge in [0.05, 0.1) is 0 Å². The predicted octanol–water partition coefficient (Wildman–Crippen LogP) is 3.62. The fourth-order valence-corrected chi connectivity index (χ4v) is 4.74. The average Bonchev–Trinajstić information content (AvgIpc) is 3.31. The second kappa shape index (κ2) is 12.7. The van der Waals surface area contributed by atoms with Gasteiger partial charge in [-0.1, -0.05) is 54.6 Å². The minimum Gasteiger partial charge on any atom is -0.478 e. The van der Waals surface area contributed by atoms with Gasteiger partial charge in [-0.05, 0) is 23.6 Å². The number of aliphatic carboxylic acids is 2. The quantitative estimate of drug-likeness (QED) is 0.462. The van der Waals surface area contributed by atoms with Gasteiger partial charge in [-0.2, -0.15) is 0 Å². The molecule has 5 rings (SSSR count). The highest BCUT2D eigenvalue weighted by Gasteiger charge is 2.29. The van der Waals surface area contributed by atoms with E-state index in [-0.39, 0.29) is 6.03 Å². The lowest BCUT2D eigenvalue weighted by atomic mass is 10.1. The fourth-order valence-electron chi connectivity index (χ4n) is 4.74. The molecule has 3 aromatic carbocycles. The van der Waals surface area contributed by atoms with Gasteiger partial charge in [-0.25, -0.2) is 14.4 Å². The molecule has 9 nitrogen and oxygen atoms in total. The number of urea groups is 1. The first-order valence-electron chi connectivity index (χ1n) is 12.6. The van der Waals surface area contributed by atoms with Crippen molar-refractivity contribution in [3.63, 3.8) is 0 Å². The van der Waals surface area contributed by atoms with Crippen LogP contribution in [0.25, 0.3) is 10.8 Å². The number of para-hydroxylation sites is 1. The molecule has 2 aliphatic heterocycles. The van der Waals surface area contributed by atoms with Crippen LogP contribution in [-0.4, -0.2) is 90.3 Å². The summed E-state index contributed by atoms with van der Waals surface area (Å²) in [6.07, 6.45) is 1.12. The minimum atomic E-state index is -1.26. The van der Waals surface area contributed by atoms with Gasteiger partial charge in [0, 0.05) is 81.3 Å². The summed E-state index contributed by atoms with van der Waals surface area (Å²) < 4.78 is 0. The molecule has 2 aliphatic rings. The summed E-state index contributed by atoms with van der Waals surface area (Å²) in [6, 6.07) is 25.3. The summed E-state index contributed by atoms with van der Waals surface area (Å²) in [7, 11) is 0. The maximum atomic E-state index is 12.8. The summed E-state index contributed by atoms with van der Waals surface area (Å²) in [5.74, 6) is -2.51. The van der Waals surface area contributed by atoms with Crippen LogP contribution in [0.2, 0.25) is 0 Å². The molecule has 2 fully saturated rings. The number of hydrogen-bond donors (Lipinski definition) is 2. The molecule has 0 atom stereocenters. The molecule has 0 bridgehead atoms. The largest absolute Gasteiger partial charge is 0.478 e. The number of hydrogen-bond acceptors (Lipinski definition) is 5. The molecular weight excluding hydrogens is 484 g/mol. The predicted molar refractivity (Wildman–Crippen MR) is 148 cm³/mol. The Bertz CT molecular complexity index is 1270. The molecule has 198 valence electrons. The molecule has 0 aliphatic carbocycles. The number of carboxylic acid groups (broad SMARTS) is 2. The minimum absolute atomic E-state index is 0.135. The molecule has 2 heterocycles. The number of amides is 2. The normalized spacial score (nSPS) is 16.1. The van der Waals surface area contributed by atoms with Crippen molar-refractivity contribution in [1.82, 2.24) is 9.80 Å². The molecule has 0 radical (unpaired) electrons. The Kier molecular flexibility index (Phi) is 8.94. The third kappa shape index (κ3) is 6.89. The fraction of sp³-hybridized carbons (Fsp3) is 0.276. The van der Waals surface area contributed by atoms with Gasteiger partial charge in [0.1, 0.15) is 0 Å². The van der Waals surface area contributed by atoms with Gasteiger partial charge in [-0.15, -0.1) is 0 Å². The molecule has 0 spiro atoms. The highest BCUT2D eigenvalue weighted by Crippen LogP contribution is 2.27. The van der Waals surface area contributed by atoms with Crippen molar-refractivity contribution in [1.29, 1.82) is 0 Å². The highest BCUT2D eigenvalue weighted by atomic mass is 16.4. The Morgan fingerprint density at radius 2 is 1.34 bits per heavy atom. The van der Waals surface area contributed by atoms with Crippen LogP contribution < -0.4 is 9.80 Å². The van der Waals surface area contributed by atoms with E-state index in [0.717, 1.165) is 58.0 Å². The summed E-state index contributed by atoms with van der Waals surface area (Å²) >= 11 is 0. The molecule has 0 saturated carbocycles. The second-order valence-electron chi connectivity index (χ2n) is 9.09. The lowest BCUT2D eigenvalue weighted by Gasteiger charge is -2.37. The van der Waals surface area contributed by atoms with Crippen LogP contribution in [-0.2, 0) is 9.59 Å². The molecule has 0 aromatic heterocycles. The van der Waals surface area contributed by atoms with E-state index in [0.29, 0.717) is 12.2 Å². The van der Waals surface area contributed by atoms with Crippen molar-refractivity contribution < 1.29 is 24.6 Å². The maximum Gasteiger partial charge on any atom is 0.328 e. The summed E-state index contributed by atoms with van der Waals surface area (Å²) in [6.45, 7) is 7.45. The number of piperazine rings is 1. The Morgan fingerprint density at radius 1 is 0.711 bits per heavy atom. The molecule has 2 amide bonds. The molecule has 9 heteroatoms. The molecular formula is C29H32N4O5. The van der Waals surface area contributed by atoms with Crippen molar-refractivity contribution in [2.75, 3.05) is 62.2 Å². The lowest BCUT2D eigenvalue weighted by Crippen LogP contribution is -2.48. The van der Waals surface area contributed by atoms with Crippen LogP contribution in [0.4, 0.5) is 16.2 Å². The topological polar surface area (TPSA) is 105 Å². The Balaban J connectivity index is 0.000000368. The number of rotatable bonds is 7. The van der Waals surface area contributed by atoms with E-state index in [1.807, 2.05) is 40.1 Å². The van der Waals surface area contributed by atoms with Gasteiger partial charge >= 0.3 is 18.0 Å². The monoisotopic (exact) mass is 516 g/mol. The van der Waals surface area contributed by atoms with Gasteiger partial charge in [0.25, 0.3) is 0 Å². The zero-order chi connectivity index (χ0) is 26.9. The standard InChI is InChI=1S/C25H28N4O.C4H4O4/c30-25-28(19-20-29(25)22-9-2-1-3-10-22)18-15-26-13-16-27(17-14-26)24-12-6-8-21-7-4-5-11-23(21)24;5-3(6)1-2-4(7)8/h1-12H,13-20H2;1-2H,(H,5,6)(H,7,8)/b;2-1+. The zero-order valence-electron chi connectivity index (χ0n) is 21.1. The van der Waals surface area contributed by atoms with E-state index < -0.39 is 11.9 Å². The number of nitrogens with zero attached hydrogens (tertiary/aromatic N) is 4. The first kappa shape index (κ1) is 26.7. The van der Waals surface area contributed by atoms with Crippen LogP contribution in [0.1, 0.15) is 0 Å². The van der Waals surface area contributed by atoms with Crippen LogP contribution in [0.15, 0.2) is 84.9 Å². The number of carbonyl (C=O) groups excluding carboxylic acids is 1. The first-order valence-corrected chi connectivity index (χ1v) is 12.6. The van der Waals surface area contributed by atoms with E-state index in [1.54, 1.807) is 0 Å². The number of carboxylic acids is 2. The Morgan fingerprint density at radius 3 is 2.03 bits per heavy atom. The first-order chi connectivity index (χ1) is 18.4. The van der Waals surface area contributed by atoms with Crippen molar-refractivity contribution in [2.24, 2.45) is 0 Å². The molecule has 2 saturated heterocycles. The van der Waals surface area contributed by atoms with Gasteiger partial charge in [0.15, 0.2) is 0 Å². The van der Waals surface area contributed by atoms with Gasteiger partial charge in [0.2, 0.25) is 0 Å². The van der Waals surface area contributed by atoms with Crippen LogP contribution >= 0.6 is 0 Å². The second-order valence-corrected chi connectivity index (χ2v) is 9.09. The smallest absolute Gasteiger partial charge is 0.328 e. The summed E-state index contributed by atoms with van der Waals surface area (Å²) in [4.78, 5) is 40.7. The van der Waals surface area contributed by atoms with E-state index in [4.69, 9.17) is 10.2 Å². The van der Waals surface area contributed by atoms with E-state index in [1.165, 1.54) is 16.5 Å². The van der Waals surface area contributed by atoms with Crippen molar-refractivity contribution in [3.8, 4) is 0 Å². The highest BCUT2D eigenvalue weighted by molar-refractivity contribution is 5.95. The number of carbonyl (C=O) groups is 3. The Hall–Kier alpha value is -4.37. The third-order valence-electron chi connectivity index (χ3n) is 6.70. The molecule has 38 heavy (non-hydrogen) atoms. The third-order valence-corrected chi connectivity index (χ3v) is 6.70. The number of fused-ring (bicyclic) bond motifs is 1. The number of benzene rings is 3. The van der Waals surface area contributed by atoms with Crippen LogP contribution in [0.3, 0.4) is 0 Å². The summed E-state index contributed by atoms with van der Waals surface area (Å²) in [5.41, 5.74) is 2.33. The number of anilines is 2. The van der Waals surface area contributed by atoms with Crippen LogP contribution in [0, 0.1) is 0 Å². The van der Waals surface area contributed by atoms with Crippen molar-refractivity contribution in [2.45, 2.75) is 0 Å².